The first-order chi connectivity index (χ1) is 7.55. The lowest BCUT2D eigenvalue weighted by atomic mass is 9.97. The Morgan fingerprint density at radius 2 is 2.19 bits per heavy atom. The van der Waals surface area contributed by atoms with Crippen molar-refractivity contribution in [2.24, 2.45) is 0 Å². The molecule has 0 aromatic carbocycles. The molecule has 1 amide bonds. The van der Waals surface area contributed by atoms with E-state index in [9.17, 15) is 4.79 Å². The van der Waals surface area contributed by atoms with Crippen molar-refractivity contribution in [1.82, 2.24) is 10.3 Å². The second kappa shape index (κ2) is 5.64. The van der Waals surface area contributed by atoms with E-state index in [0.29, 0.717) is 5.69 Å². The number of aromatic nitrogens is 1. The van der Waals surface area contributed by atoms with Crippen LogP contribution in [0.15, 0.2) is 24.4 Å². The summed E-state index contributed by atoms with van der Waals surface area (Å²) in [6, 6.07) is 5.35. The van der Waals surface area contributed by atoms with Gasteiger partial charge in [0.2, 0.25) is 0 Å². The van der Waals surface area contributed by atoms with Crippen molar-refractivity contribution in [2.45, 2.75) is 45.6 Å². The Morgan fingerprint density at radius 3 is 2.75 bits per heavy atom. The third-order valence-corrected chi connectivity index (χ3v) is 2.50. The lowest BCUT2D eigenvalue weighted by molar-refractivity contribution is 0.0903. The van der Waals surface area contributed by atoms with Gasteiger partial charge in [0.15, 0.2) is 0 Å². The summed E-state index contributed by atoms with van der Waals surface area (Å²) in [5.74, 6) is -0.0956. The topological polar surface area (TPSA) is 42.0 Å². The quantitative estimate of drug-likeness (QED) is 0.829. The van der Waals surface area contributed by atoms with E-state index in [0.717, 1.165) is 19.3 Å². The Kier molecular flexibility index (Phi) is 4.47. The van der Waals surface area contributed by atoms with Crippen LogP contribution in [0, 0.1) is 0 Å². The average Bonchev–Trinajstić information content (AvgIpc) is 2.27. The standard InChI is InChI=1S/C13H20N2O/c1-4-5-9-13(2,3)15-12(16)11-8-6-7-10-14-11/h6-8,10H,4-5,9H2,1-3H3,(H,15,16). The van der Waals surface area contributed by atoms with Gasteiger partial charge in [0.05, 0.1) is 0 Å². The molecular formula is C13H20N2O. The first-order valence-corrected chi connectivity index (χ1v) is 5.79. The van der Waals surface area contributed by atoms with Crippen molar-refractivity contribution in [2.75, 3.05) is 0 Å². The Labute approximate surface area is 97.3 Å². The monoisotopic (exact) mass is 220 g/mol. The van der Waals surface area contributed by atoms with Crippen LogP contribution < -0.4 is 5.32 Å². The first-order valence-electron chi connectivity index (χ1n) is 5.79. The Hall–Kier alpha value is -1.38. The molecule has 0 unspecified atom stereocenters. The van der Waals surface area contributed by atoms with Gasteiger partial charge in [-0.3, -0.25) is 9.78 Å². The maximum absolute atomic E-state index is 11.8. The zero-order valence-electron chi connectivity index (χ0n) is 10.3. The third kappa shape index (κ3) is 4.01. The number of nitrogens with one attached hydrogen (secondary N) is 1. The zero-order chi connectivity index (χ0) is 12.0. The average molecular weight is 220 g/mol. The molecule has 3 heteroatoms. The number of hydrogen-bond acceptors (Lipinski definition) is 2. The maximum Gasteiger partial charge on any atom is 0.270 e. The minimum atomic E-state index is -0.162. The van der Waals surface area contributed by atoms with Crippen LogP contribution >= 0.6 is 0 Å². The highest BCUT2D eigenvalue weighted by Gasteiger charge is 2.20. The lowest BCUT2D eigenvalue weighted by Crippen LogP contribution is -2.43. The summed E-state index contributed by atoms with van der Waals surface area (Å²) in [6.07, 6.45) is 4.88. The minimum absolute atomic E-state index is 0.0956. The van der Waals surface area contributed by atoms with Crippen LogP contribution in [0.4, 0.5) is 0 Å². The number of unbranched alkanes of at least 4 members (excludes halogenated alkanes) is 1. The van der Waals surface area contributed by atoms with Crippen molar-refractivity contribution in [3.63, 3.8) is 0 Å². The Bertz CT molecular complexity index is 333. The van der Waals surface area contributed by atoms with Gasteiger partial charge in [-0.2, -0.15) is 0 Å². The summed E-state index contributed by atoms with van der Waals surface area (Å²) >= 11 is 0. The molecule has 0 spiro atoms. The van der Waals surface area contributed by atoms with E-state index in [1.54, 1.807) is 18.3 Å². The predicted molar refractivity (Wildman–Crippen MR) is 65.3 cm³/mol. The zero-order valence-corrected chi connectivity index (χ0v) is 10.3. The molecule has 0 saturated carbocycles. The van der Waals surface area contributed by atoms with E-state index in [1.165, 1.54) is 0 Å². The minimum Gasteiger partial charge on any atom is -0.346 e. The highest BCUT2D eigenvalue weighted by molar-refractivity contribution is 5.92. The van der Waals surface area contributed by atoms with Crippen LogP contribution in [-0.2, 0) is 0 Å². The number of hydrogen-bond donors (Lipinski definition) is 1. The largest absolute Gasteiger partial charge is 0.346 e. The molecule has 1 aromatic rings. The highest BCUT2D eigenvalue weighted by atomic mass is 16.2. The number of nitrogens with zero attached hydrogens (tertiary/aromatic N) is 1. The molecule has 1 heterocycles. The van der Waals surface area contributed by atoms with Crippen molar-refractivity contribution in [3.8, 4) is 0 Å². The molecule has 0 radical (unpaired) electrons. The van der Waals surface area contributed by atoms with Crippen LogP contribution in [-0.4, -0.2) is 16.4 Å². The summed E-state index contributed by atoms with van der Waals surface area (Å²) in [5, 5.41) is 3.01. The first kappa shape index (κ1) is 12.7. The predicted octanol–water partition coefficient (Wildman–Crippen LogP) is 2.78. The molecule has 0 bridgehead atoms. The maximum atomic E-state index is 11.8. The van der Waals surface area contributed by atoms with Crippen molar-refractivity contribution in [3.05, 3.63) is 30.1 Å². The molecule has 3 nitrogen and oxygen atoms in total. The molecule has 1 aromatic heterocycles. The molecule has 1 N–H and O–H groups in total. The SMILES string of the molecule is CCCCC(C)(C)NC(=O)c1ccccn1. The number of carbonyl (C=O) groups excluding carboxylic acids is 1. The summed E-state index contributed by atoms with van der Waals surface area (Å²) in [6.45, 7) is 6.24. The fourth-order valence-electron chi connectivity index (χ4n) is 1.55. The molecule has 16 heavy (non-hydrogen) atoms. The second-order valence-corrected chi connectivity index (χ2v) is 4.66. The number of amides is 1. The van der Waals surface area contributed by atoms with Gasteiger partial charge in [0.1, 0.15) is 5.69 Å². The number of carbonyl (C=O) groups is 1. The molecule has 0 fully saturated rings. The molecule has 0 aliphatic rings. The van der Waals surface area contributed by atoms with Gasteiger partial charge >= 0.3 is 0 Å². The summed E-state index contributed by atoms with van der Waals surface area (Å²) in [7, 11) is 0. The van der Waals surface area contributed by atoms with Crippen molar-refractivity contribution in [1.29, 1.82) is 0 Å². The van der Waals surface area contributed by atoms with Gasteiger partial charge in [0.25, 0.3) is 5.91 Å². The van der Waals surface area contributed by atoms with Crippen molar-refractivity contribution < 1.29 is 4.79 Å². The van der Waals surface area contributed by atoms with Gasteiger partial charge < -0.3 is 5.32 Å². The van der Waals surface area contributed by atoms with Gasteiger partial charge in [-0.1, -0.05) is 25.8 Å². The molecule has 0 aliphatic carbocycles. The van der Waals surface area contributed by atoms with E-state index >= 15 is 0 Å². The van der Waals surface area contributed by atoms with Crippen LogP contribution in [0.5, 0.6) is 0 Å². The molecule has 0 atom stereocenters. The molecule has 1 rings (SSSR count). The van der Waals surface area contributed by atoms with Gasteiger partial charge in [0, 0.05) is 11.7 Å². The van der Waals surface area contributed by atoms with E-state index in [1.807, 2.05) is 19.9 Å². The van der Waals surface area contributed by atoms with Crippen molar-refractivity contribution >= 4 is 5.91 Å². The summed E-state index contributed by atoms with van der Waals surface area (Å²) in [4.78, 5) is 15.9. The Morgan fingerprint density at radius 1 is 1.44 bits per heavy atom. The molecule has 88 valence electrons. The highest BCUT2D eigenvalue weighted by Crippen LogP contribution is 2.13. The molecular weight excluding hydrogens is 200 g/mol. The number of pyridine rings is 1. The van der Waals surface area contributed by atoms with E-state index < -0.39 is 0 Å². The third-order valence-electron chi connectivity index (χ3n) is 2.50. The van der Waals surface area contributed by atoms with Crippen LogP contribution in [0.25, 0.3) is 0 Å². The summed E-state index contributed by atoms with van der Waals surface area (Å²) in [5.41, 5.74) is 0.317. The smallest absolute Gasteiger partial charge is 0.270 e. The molecule has 0 saturated heterocycles. The number of rotatable bonds is 5. The van der Waals surface area contributed by atoms with E-state index in [4.69, 9.17) is 0 Å². The van der Waals surface area contributed by atoms with Crippen LogP contribution in [0.2, 0.25) is 0 Å². The normalized spacial score (nSPS) is 11.2. The Balaban J connectivity index is 2.57. The van der Waals surface area contributed by atoms with Gasteiger partial charge in [-0.15, -0.1) is 0 Å². The second-order valence-electron chi connectivity index (χ2n) is 4.66. The van der Waals surface area contributed by atoms with Gasteiger partial charge in [-0.25, -0.2) is 0 Å². The van der Waals surface area contributed by atoms with Crippen LogP contribution in [0.3, 0.4) is 0 Å². The summed E-state index contributed by atoms with van der Waals surface area (Å²) < 4.78 is 0. The van der Waals surface area contributed by atoms with Gasteiger partial charge in [-0.05, 0) is 32.4 Å². The van der Waals surface area contributed by atoms with E-state index in [2.05, 4.69) is 17.2 Å². The fourth-order valence-corrected chi connectivity index (χ4v) is 1.55. The lowest BCUT2D eigenvalue weighted by Gasteiger charge is -2.25. The van der Waals surface area contributed by atoms with Crippen LogP contribution in [0.1, 0.15) is 50.5 Å². The molecule has 0 aliphatic heterocycles. The van der Waals surface area contributed by atoms with E-state index in [-0.39, 0.29) is 11.4 Å². The fraction of sp³-hybridized carbons (Fsp3) is 0.538.